The highest BCUT2D eigenvalue weighted by Crippen LogP contribution is 2.10. The second kappa shape index (κ2) is 4.78. The van der Waals surface area contributed by atoms with E-state index in [9.17, 15) is 4.79 Å². The smallest absolute Gasteiger partial charge is 0.250 e. The molecule has 0 aliphatic carbocycles. The topological polar surface area (TPSA) is 59.8 Å². The van der Waals surface area contributed by atoms with Gasteiger partial charge in [-0.1, -0.05) is 0 Å². The van der Waals surface area contributed by atoms with Crippen molar-refractivity contribution < 1.29 is 4.79 Å². The number of carbonyl (C=O) groups is 1. The number of carbonyl (C=O) groups excluding carboxylic acids is 1. The van der Waals surface area contributed by atoms with Crippen LogP contribution in [0.1, 0.15) is 18.5 Å². The van der Waals surface area contributed by atoms with Gasteiger partial charge in [0.25, 0.3) is 0 Å². The van der Waals surface area contributed by atoms with Crippen molar-refractivity contribution in [1.82, 2.24) is 14.8 Å². The minimum absolute atomic E-state index is 0.133. The lowest BCUT2D eigenvalue weighted by Gasteiger charge is -2.12. The number of nitrogens with one attached hydrogen (secondary N) is 1. The van der Waals surface area contributed by atoms with E-state index >= 15 is 0 Å². The third-order valence-electron chi connectivity index (χ3n) is 2.47. The number of hydrogen-bond donors (Lipinski definition) is 1. The Labute approximate surface area is 99.5 Å². The fraction of sp³-hybridized carbons (Fsp3) is 0.250. The summed E-state index contributed by atoms with van der Waals surface area (Å²) in [5.41, 5.74) is 1.06. The van der Waals surface area contributed by atoms with E-state index in [-0.39, 0.29) is 11.9 Å². The van der Waals surface area contributed by atoms with Gasteiger partial charge in [0.05, 0.1) is 0 Å². The SMILES string of the molecule is Cc1ccnc(NC(=O)C(C)n2cccn2)c1. The molecule has 0 spiro atoms. The molecule has 0 aromatic carbocycles. The molecule has 0 fully saturated rings. The number of rotatable bonds is 3. The van der Waals surface area contributed by atoms with Gasteiger partial charge in [-0.2, -0.15) is 5.10 Å². The second-order valence-electron chi connectivity index (χ2n) is 3.87. The van der Waals surface area contributed by atoms with Gasteiger partial charge >= 0.3 is 0 Å². The van der Waals surface area contributed by atoms with E-state index in [4.69, 9.17) is 0 Å². The van der Waals surface area contributed by atoms with E-state index < -0.39 is 0 Å². The van der Waals surface area contributed by atoms with Gasteiger partial charge in [0, 0.05) is 18.6 Å². The van der Waals surface area contributed by atoms with Gasteiger partial charge in [0.2, 0.25) is 5.91 Å². The van der Waals surface area contributed by atoms with Crippen molar-refractivity contribution in [2.45, 2.75) is 19.9 Å². The predicted octanol–water partition coefficient (Wildman–Crippen LogP) is 1.79. The molecule has 1 amide bonds. The summed E-state index contributed by atoms with van der Waals surface area (Å²) < 4.78 is 1.60. The van der Waals surface area contributed by atoms with Crippen LogP contribution in [-0.2, 0) is 4.79 Å². The van der Waals surface area contributed by atoms with Crippen LogP contribution in [0.2, 0.25) is 0 Å². The zero-order valence-corrected chi connectivity index (χ0v) is 9.79. The molecular formula is C12H14N4O. The summed E-state index contributed by atoms with van der Waals surface area (Å²) in [6, 6.07) is 5.14. The monoisotopic (exact) mass is 230 g/mol. The van der Waals surface area contributed by atoms with Crippen LogP contribution >= 0.6 is 0 Å². The molecule has 0 saturated heterocycles. The Morgan fingerprint density at radius 3 is 2.94 bits per heavy atom. The number of nitrogens with zero attached hydrogens (tertiary/aromatic N) is 3. The van der Waals surface area contributed by atoms with Crippen molar-refractivity contribution in [2.24, 2.45) is 0 Å². The minimum Gasteiger partial charge on any atom is -0.309 e. The number of pyridine rings is 1. The first-order valence-electron chi connectivity index (χ1n) is 5.39. The molecule has 5 nitrogen and oxygen atoms in total. The summed E-state index contributed by atoms with van der Waals surface area (Å²) in [4.78, 5) is 16.0. The lowest BCUT2D eigenvalue weighted by atomic mass is 10.3. The van der Waals surface area contributed by atoms with Crippen LogP contribution in [0.15, 0.2) is 36.8 Å². The summed E-state index contributed by atoms with van der Waals surface area (Å²) in [6.07, 6.45) is 5.08. The lowest BCUT2D eigenvalue weighted by molar-refractivity contribution is -0.119. The zero-order chi connectivity index (χ0) is 12.3. The molecule has 0 saturated carbocycles. The van der Waals surface area contributed by atoms with Gasteiger partial charge in [0.15, 0.2) is 0 Å². The standard InChI is InChI=1S/C12H14N4O/c1-9-4-6-13-11(8-9)15-12(17)10(2)16-7-3-5-14-16/h3-8,10H,1-2H3,(H,13,15,17). The molecule has 2 rings (SSSR count). The number of hydrogen-bond acceptors (Lipinski definition) is 3. The molecule has 1 unspecified atom stereocenters. The van der Waals surface area contributed by atoms with Crippen molar-refractivity contribution in [3.05, 3.63) is 42.4 Å². The number of amides is 1. The normalized spacial score (nSPS) is 12.1. The van der Waals surface area contributed by atoms with E-state index in [1.807, 2.05) is 19.1 Å². The highest BCUT2D eigenvalue weighted by Gasteiger charge is 2.15. The predicted molar refractivity (Wildman–Crippen MR) is 64.5 cm³/mol. The van der Waals surface area contributed by atoms with Crippen LogP contribution in [0, 0.1) is 6.92 Å². The first kappa shape index (κ1) is 11.3. The van der Waals surface area contributed by atoms with Crippen LogP contribution in [0.4, 0.5) is 5.82 Å². The van der Waals surface area contributed by atoms with Gasteiger partial charge in [-0.05, 0) is 37.6 Å². The fourth-order valence-corrected chi connectivity index (χ4v) is 1.47. The minimum atomic E-state index is -0.354. The third kappa shape index (κ3) is 2.69. The quantitative estimate of drug-likeness (QED) is 0.874. The Morgan fingerprint density at radius 2 is 2.29 bits per heavy atom. The molecule has 2 heterocycles. The van der Waals surface area contributed by atoms with Crippen molar-refractivity contribution in [3.63, 3.8) is 0 Å². The maximum atomic E-state index is 11.9. The highest BCUT2D eigenvalue weighted by molar-refractivity contribution is 5.92. The first-order chi connectivity index (χ1) is 8.16. The van der Waals surface area contributed by atoms with Crippen LogP contribution in [0.3, 0.4) is 0 Å². The zero-order valence-electron chi connectivity index (χ0n) is 9.79. The van der Waals surface area contributed by atoms with Crippen molar-refractivity contribution in [3.8, 4) is 0 Å². The molecule has 0 aliphatic rings. The van der Waals surface area contributed by atoms with Crippen molar-refractivity contribution >= 4 is 11.7 Å². The van der Waals surface area contributed by atoms with Crippen molar-refractivity contribution in [2.75, 3.05) is 5.32 Å². The Hall–Kier alpha value is -2.17. The number of aromatic nitrogens is 3. The van der Waals surface area contributed by atoms with E-state index in [0.29, 0.717) is 5.82 Å². The molecule has 0 radical (unpaired) electrons. The van der Waals surface area contributed by atoms with Gasteiger partial charge in [0.1, 0.15) is 11.9 Å². The number of aryl methyl sites for hydroxylation is 1. The number of anilines is 1. The molecule has 1 N–H and O–H groups in total. The molecule has 0 aliphatic heterocycles. The third-order valence-corrected chi connectivity index (χ3v) is 2.47. The van der Waals surface area contributed by atoms with Gasteiger partial charge in [-0.15, -0.1) is 0 Å². The molecule has 0 bridgehead atoms. The molecule has 5 heteroatoms. The van der Waals surface area contributed by atoms with Crippen LogP contribution in [0.25, 0.3) is 0 Å². The Bertz CT molecular complexity index is 507. The van der Waals surface area contributed by atoms with Crippen LogP contribution < -0.4 is 5.32 Å². The molecule has 2 aromatic rings. The maximum absolute atomic E-state index is 11.9. The van der Waals surface area contributed by atoms with Gasteiger partial charge in [-0.25, -0.2) is 4.98 Å². The highest BCUT2D eigenvalue weighted by atomic mass is 16.2. The lowest BCUT2D eigenvalue weighted by Crippen LogP contribution is -2.24. The van der Waals surface area contributed by atoms with E-state index in [1.54, 1.807) is 36.3 Å². The largest absolute Gasteiger partial charge is 0.309 e. The van der Waals surface area contributed by atoms with Crippen molar-refractivity contribution in [1.29, 1.82) is 0 Å². The van der Waals surface area contributed by atoms with E-state index in [0.717, 1.165) is 5.56 Å². The molecule has 2 aromatic heterocycles. The first-order valence-corrected chi connectivity index (χ1v) is 5.39. The Morgan fingerprint density at radius 1 is 1.47 bits per heavy atom. The Balaban J connectivity index is 2.07. The summed E-state index contributed by atoms with van der Waals surface area (Å²) in [5.74, 6) is 0.431. The molecule has 88 valence electrons. The summed E-state index contributed by atoms with van der Waals surface area (Å²) in [6.45, 7) is 3.74. The average molecular weight is 230 g/mol. The van der Waals surface area contributed by atoms with E-state index in [2.05, 4.69) is 15.4 Å². The summed E-state index contributed by atoms with van der Waals surface area (Å²) >= 11 is 0. The van der Waals surface area contributed by atoms with Gasteiger partial charge in [-0.3, -0.25) is 9.48 Å². The van der Waals surface area contributed by atoms with E-state index in [1.165, 1.54) is 0 Å². The Kier molecular flexibility index (Phi) is 3.18. The maximum Gasteiger partial charge on any atom is 0.250 e. The van der Waals surface area contributed by atoms with Crippen LogP contribution in [-0.4, -0.2) is 20.7 Å². The average Bonchev–Trinajstić information content (AvgIpc) is 2.81. The van der Waals surface area contributed by atoms with Crippen LogP contribution in [0.5, 0.6) is 0 Å². The summed E-state index contributed by atoms with van der Waals surface area (Å²) in [7, 11) is 0. The summed E-state index contributed by atoms with van der Waals surface area (Å²) in [5, 5.41) is 6.79. The van der Waals surface area contributed by atoms with Gasteiger partial charge < -0.3 is 5.32 Å². The second-order valence-corrected chi connectivity index (χ2v) is 3.87. The molecular weight excluding hydrogens is 216 g/mol. The molecule has 17 heavy (non-hydrogen) atoms. The fourth-order valence-electron chi connectivity index (χ4n) is 1.47. The molecule has 1 atom stereocenters.